The van der Waals surface area contributed by atoms with Gasteiger partial charge in [-0.15, -0.1) is 0 Å². The van der Waals surface area contributed by atoms with E-state index in [0.717, 1.165) is 36.5 Å². The number of thioether (sulfide) groups is 1. The van der Waals surface area contributed by atoms with Crippen LogP contribution in [0, 0.1) is 6.92 Å². The van der Waals surface area contributed by atoms with Crippen LogP contribution in [0.1, 0.15) is 29.7 Å². The van der Waals surface area contributed by atoms with Gasteiger partial charge in [0.2, 0.25) is 0 Å². The summed E-state index contributed by atoms with van der Waals surface area (Å²) >= 11 is 1.74. The van der Waals surface area contributed by atoms with Crippen LogP contribution in [0.2, 0.25) is 0 Å². The predicted molar refractivity (Wildman–Crippen MR) is 118 cm³/mol. The number of aromatic amines is 1. The van der Waals surface area contributed by atoms with Crippen molar-refractivity contribution in [2.75, 3.05) is 13.1 Å². The highest BCUT2D eigenvalue weighted by Crippen LogP contribution is 2.28. The zero-order valence-corrected chi connectivity index (χ0v) is 17.9. The predicted octanol–water partition coefficient (Wildman–Crippen LogP) is 4.65. The molecule has 156 valence electrons. The first kappa shape index (κ1) is 20.5. The Morgan fingerprint density at radius 3 is 2.60 bits per heavy atom. The second kappa shape index (κ2) is 9.80. The Bertz CT molecular complexity index is 934. The maximum Gasteiger partial charge on any atom is 0.415 e. The van der Waals surface area contributed by atoms with Crippen molar-refractivity contribution in [1.29, 1.82) is 0 Å². The van der Waals surface area contributed by atoms with Gasteiger partial charge in [0.05, 0.1) is 0 Å². The van der Waals surface area contributed by atoms with Gasteiger partial charge in [0.15, 0.2) is 5.16 Å². The van der Waals surface area contributed by atoms with Gasteiger partial charge in [0, 0.05) is 42.6 Å². The maximum absolute atomic E-state index is 12.5. The summed E-state index contributed by atoms with van der Waals surface area (Å²) in [6.45, 7) is 3.45. The molecule has 1 aromatic carbocycles. The Kier molecular flexibility index (Phi) is 6.69. The van der Waals surface area contributed by atoms with E-state index in [2.05, 4.69) is 27.1 Å². The van der Waals surface area contributed by atoms with Crippen molar-refractivity contribution in [3.8, 4) is 5.75 Å². The summed E-state index contributed by atoms with van der Waals surface area (Å²) in [5.41, 5.74) is 3.46. The van der Waals surface area contributed by atoms with E-state index >= 15 is 0 Å². The molecule has 0 radical (unpaired) electrons. The summed E-state index contributed by atoms with van der Waals surface area (Å²) in [5, 5.41) is 1.41. The van der Waals surface area contributed by atoms with Crippen molar-refractivity contribution in [1.82, 2.24) is 19.9 Å². The minimum atomic E-state index is -0.270. The standard InChI is InChI=1S/C23H26N4O2S/c1-17-2-6-19(26-16-17)7-3-18-4-8-20(9-5-18)29-23(28)27-14-10-21(11-15-27)30-22-24-12-13-25-22/h2,4-6,8-9,12-13,16,21H,3,7,10-11,14-15H2,1H3,(H,24,25). The molecule has 0 saturated carbocycles. The van der Waals surface area contributed by atoms with Crippen molar-refractivity contribution in [2.24, 2.45) is 0 Å². The minimum absolute atomic E-state index is 0.270. The third-order valence-electron chi connectivity index (χ3n) is 5.22. The van der Waals surface area contributed by atoms with Crippen LogP contribution in [0.15, 0.2) is 60.1 Å². The van der Waals surface area contributed by atoms with E-state index in [1.807, 2.05) is 43.6 Å². The highest BCUT2D eigenvalue weighted by Gasteiger charge is 2.25. The van der Waals surface area contributed by atoms with Crippen molar-refractivity contribution in [2.45, 2.75) is 43.0 Å². The minimum Gasteiger partial charge on any atom is -0.410 e. The number of nitrogens with one attached hydrogen (secondary N) is 1. The van der Waals surface area contributed by atoms with Gasteiger partial charge in [-0.1, -0.05) is 30.0 Å². The third kappa shape index (κ3) is 5.63. The zero-order chi connectivity index (χ0) is 20.8. The summed E-state index contributed by atoms with van der Waals surface area (Å²) in [5.74, 6) is 0.587. The first-order chi connectivity index (χ1) is 14.7. The van der Waals surface area contributed by atoms with Gasteiger partial charge in [-0.2, -0.15) is 0 Å². The van der Waals surface area contributed by atoms with Crippen LogP contribution in [0.3, 0.4) is 0 Å². The Balaban J connectivity index is 1.22. The number of imidazole rings is 1. The van der Waals surface area contributed by atoms with Gasteiger partial charge in [-0.3, -0.25) is 4.98 Å². The fourth-order valence-electron chi connectivity index (χ4n) is 3.44. The molecule has 30 heavy (non-hydrogen) atoms. The maximum atomic E-state index is 12.5. The summed E-state index contributed by atoms with van der Waals surface area (Å²) in [4.78, 5) is 26.1. The fraction of sp³-hybridized carbons (Fsp3) is 0.348. The summed E-state index contributed by atoms with van der Waals surface area (Å²) in [6.07, 6.45) is 8.90. The Morgan fingerprint density at radius 1 is 1.13 bits per heavy atom. The van der Waals surface area contributed by atoms with E-state index in [1.165, 1.54) is 11.1 Å². The van der Waals surface area contributed by atoms with E-state index in [0.29, 0.717) is 24.1 Å². The number of ether oxygens (including phenoxy) is 1. The van der Waals surface area contributed by atoms with Crippen molar-refractivity contribution in [3.63, 3.8) is 0 Å². The topological polar surface area (TPSA) is 71.1 Å². The molecule has 0 atom stereocenters. The van der Waals surface area contributed by atoms with Crippen LogP contribution in [0.25, 0.3) is 0 Å². The molecule has 0 aliphatic carbocycles. The molecule has 1 saturated heterocycles. The fourth-order valence-corrected chi connectivity index (χ4v) is 4.46. The molecule has 1 aliphatic rings. The highest BCUT2D eigenvalue weighted by atomic mass is 32.2. The number of aryl methyl sites for hydroxylation is 3. The molecule has 1 N–H and O–H groups in total. The van der Waals surface area contributed by atoms with E-state index in [-0.39, 0.29) is 6.09 Å². The van der Waals surface area contributed by atoms with Crippen LogP contribution < -0.4 is 4.74 Å². The molecule has 4 rings (SSSR count). The van der Waals surface area contributed by atoms with Crippen LogP contribution >= 0.6 is 11.8 Å². The zero-order valence-electron chi connectivity index (χ0n) is 17.1. The number of nitrogens with zero attached hydrogens (tertiary/aromatic N) is 3. The molecule has 3 aromatic rings. The number of carbonyl (C=O) groups is 1. The number of H-pyrrole nitrogens is 1. The number of pyridine rings is 1. The second-order valence-electron chi connectivity index (χ2n) is 7.54. The SMILES string of the molecule is Cc1ccc(CCc2ccc(OC(=O)N3CCC(Sc4ncc[nH]4)CC3)cc2)nc1. The molecular formula is C23H26N4O2S. The van der Waals surface area contributed by atoms with Gasteiger partial charge < -0.3 is 14.6 Å². The molecule has 7 heteroatoms. The van der Waals surface area contributed by atoms with Crippen molar-refractivity contribution < 1.29 is 9.53 Å². The van der Waals surface area contributed by atoms with Crippen molar-refractivity contribution >= 4 is 17.9 Å². The number of likely N-dealkylation sites (tertiary alicyclic amines) is 1. The number of piperidine rings is 1. The van der Waals surface area contributed by atoms with Gasteiger partial charge in [0.1, 0.15) is 5.75 Å². The Labute approximate surface area is 181 Å². The molecule has 0 bridgehead atoms. The average molecular weight is 423 g/mol. The lowest BCUT2D eigenvalue weighted by molar-refractivity contribution is 0.143. The molecule has 1 aliphatic heterocycles. The highest BCUT2D eigenvalue weighted by molar-refractivity contribution is 7.99. The summed E-state index contributed by atoms with van der Waals surface area (Å²) in [6, 6.07) is 11.9. The molecule has 0 unspecified atom stereocenters. The van der Waals surface area contributed by atoms with Gasteiger partial charge >= 0.3 is 6.09 Å². The number of benzene rings is 1. The number of rotatable bonds is 6. The number of hydrogen-bond acceptors (Lipinski definition) is 5. The number of hydrogen-bond donors (Lipinski definition) is 1. The van der Waals surface area contributed by atoms with Crippen LogP contribution in [-0.4, -0.2) is 44.3 Å². The normalized spacial score (nSPS) is 14.6. The Morgan fingerprint density at radius 2 is 1.93 bits per heavy atom. The average Bonchev–Trinajstić information content (AvgIpc) is 3.28. The molecule has 0 spiro atoms. The van der Waals surface area contributed by atoms with E-state index < -0.39 is 0 Å². The molecule has 1 amide bonds. The summed E-state index contributed by atoms with van der Waals surface area (Å²) in [7, 11) is 0. The van der Waals surface area contributed by atoms with E-state index in [9.17, 15) is 4.79 Å². The molecule has 2 aromatic heterocycles. The van der Waals surface area contributed by atoms with Gasteiger partial charge in [-0.25, -0.2) is 9.78 Å². The third-order valence-corrected chi connectivity index (χ3v) is 6.47. The Hall–Kier alpha value is -2.80. The number of amides is 1. The lowest BCUT2D eigenvalue weighted by Crippen LogP contribution is -2.40. The van der Waals surface area contributed by atoms with Crippen LogP contribution in [0.4, 0.5) is 4.79 Å². The van der Waals surface area contributed by atoms with E-state index in [1.54, 1.807) is 22.9 Å². The molecule has 6 nitrogen and oxygen atoms in total. The number of aromatic nitrogens is 3. The van der Waals surface area contributed by atoms with Crippen LogP contribution in [0.5, 0.6) is 5.75 Å². The lowest BCUT2D eigenvalue weighted by atomic mass is 10.1. The van der Waals surface area contributed by atoms with Gasteiger partial charge in [0.25, 0.3) is 0 Å². The largest absolute Gasteiger partial charge is 0.415 e. The smallest absolute Gasteiger partial charge is 0.410 e. The summed E-state index contributed by atoms with van der Waals surface area (Å²) < 4.78 is 5.58. The molecule has 3 heterocycles. The first-order valence-electron chi connectivity index (χ1n) is 10.3. The lowest BCUT2D eigenvalue weighted by Gasteiger charge is -2.30. The number of carbonyl (C=O) groups excluding carboxylic acids is 1. The quantitative estimate of drug-likeness (QED) is 0.626. The molecular weight excluding hydrogens is 396 g/mol. The second-order valence-corrected chi connectivity index (χ2v) is 8.83. The van der Waals surface area contributed by atoms with Gasteiger partial charge in [-0.05, 0) is 61.9 Å². The first-order valence-corrected chi connectivity index (χ1v) is 11.2. The monoisotopic (exact) mass is 422 g/mol. The van der Waals surface area contributed by atoms with Crippen LogP contribution in [-0.2, 0) is 12.8 Å². The van der Waals surface area contributed by atoms with Crippen molar-refractivity contribution in [3.05, 3.63) is 71.8 Å². The molecule has 1 fully saturated rings. The van der Waals surface area contributed by atoms with E-state index in [4.69, 9.17) is 4.74 Å².